The van der Waals surface area contributed by atoms with E-state index < -0.39 is 28.5 Å². The fraction of sp³-hybridized carbons (Fsp3) is 0.394. The van der Waals surface area contributed by atoms with E-state index in [2.05, 4.69) is 5.32 Å². The van der Waals surface area contributed by atoms with Crippen LogP contribution >= 0.6 is 0 Å². The first-order valence-electron chi connectivity index (χ1n) is 14.2. The lowest BCUT2D eigenvalue weighted by Gasteiger charge is -2.34. The molecule has 0 radical (unpaired) electrons. The van der Waals surface area contributed by atoms with Gasteiger partial charge in [0.1, 0.15) is 12.6 Å². The van der Waals surface area contributed by atoms with Gasteiger partial charge < -0.3 is 10.2 Å². The average Bonchev–Trinajstić information content (AvgIpc) is 2.93. The maximum absolute atomic E-state index is 14.2. The van der Waals surface area contributed by atoms with E-state index in [-0.39, 0.29) is 23.4 Å². The number of sulfonamides is 1. The largest absolute Gasteiger partial charge is 0.352 e. The van der Waals surface area contributed by atoms with Gasteiger partial charge >= 0.3 is 0 Å². The van der Waals surface area contributed by atoms with Gasteiger partial charge in [0.15, 0.2) is 0 Å². The molecular weight excluding hydrogens is 534 g/mol. The lowest BCUT2D eigenvalue weighted by atomic mass is 10.1. The second kappa shape index (κ2) is 13.8. The first-order valence-corrected chi connectivity index (χ1v) is 15.6. The standard InChI is InChI=1S/C33H43N3O4S/c1-8-27(7)34-33(38)31(9-2)35(21-28-12-10-11-24(4)19-28)32(37)22-36(29-16-15-25(5)26(6)20-29)41(39,40)30-17-13-23(3)14-18-30/h10-20,27,31H,8-9,21-22H2,1-7H3,(H,34,38). The van der Waals surface area contributed by atoms with Crippen LogP contribution in [0.2, 0.25) is 0 Å². The van der Waals surface area contributed by atoms with E-state index in [1.807, 2.05) is 78.8 Å². The van der Waals surface area contributed by atoms with Gasteiger partial charge in [0.25, 0.3) is 10.0 Å². The van der Waals surface area contributed by atoms with E-state index in [9.17, 15) is 18.0 Å². The van der Waals surface area contributed by atoms with Crippen molar-refractivity contribution in [1.82, 2.24) is 10.2 Å². The smallest absolute Gasteiger partial charge is 0.264 e. The Morgan fingerprint density at radius 2 is 1.51 bits per heavy atom. The highest BCUT2D eigenvalue weighted by Crippen LogP contribution is 2.27. The maximum Gasteiger partial charge on any atom is 0.264 e. The monoisotopic (exact) mass is 577 g/mol. The topological polar surface area (TPSA) is 86.8 Å². The number of amides is 2. The molecule has 0 fully saturated rings. The molecule has 7 nitrogen and oxygen atoms in total. The zero-order chi connectivity index (χ0) is 30.3. The van der Waals surface area contributed by atoms with Crippen molar-refractivity contribution in [3.8, 4) is 0 Å². The highest BCUT2D eigenvalue weighted by Gasteiger charge is 2.34. The van der Waals surface area contributed by atoms with Gasteiger partial charge in [-0.25, -0.2) is 8.42 Å². The highest BCUT2D eigenvalue weighted by atomic mass is 32.2. The summed E-state index contributed by atoms with van der Waals surface area (Å²) in [6.07, 6.45) is 1.14. The summed E-state index contributed by atoms with van der Waals surface area (Å²) in [6.45, 7) is 13.2. The Labute approximate surface area is 245 Å². The summed E-state index contributed by atoms with van der Waals surface area (Å²) in [4.78, 5) is 29.2. The van der Waals surface area contributed by atoms with Crippen molar-refractivity contribution in [1.29, 1.82) is 0 Å². The summed E-state index contributed by atoms with van der Waals surface area (Å²) in [6, 6.07) is 18.9. The van der Waals surface area contributed by atoms with Crippen molar-refractivity contribution in [2.45, 2.75) is 84.8 Å². The average molecular weight is 578 g/mol. The van der Waals surface area contributed by atoms with Crippen LogP contribution in [0.5, 0.6) is 0 Å². The minimum atomic E-state index is -4.10. The van der Waals surface area contributed by atoms with Gasteiger partial charge in [0.05, 0.1) is 10.6 Å². The van der Waals surface area contributed by atoms with Gasteiger partial charge in [0, 0.05) is 12.6 Å². The van der Waals surface area contributed by atoms with Crippen molar-refractivity contribution in [2.24, 2.45) is 0 Å². The second-order valence-electron chi connectivity index (χ2n) is 10.8. The number of nitrogens with zero attached hydrogens (tertiary/aromatic N) is 2. The molecule has 220 valence electrons. The van der Waals surface area contributed by atoms with Crippen molar-refractivity contribution in [3.05, 3.63) is 94.5 Å². The molecule has 0 heterocycles. The second-order valence-corrected chi connectivity index (χ2v) is 12.7. The van der Waals surface area contributed by atoms with Gasteiger partial charge in [-0.2, -0.15) is 0 Å². The van der Waals surface area contributed by atoms with E-state index >= 15 is 0 Å². The first kappa shape index (κ1) is 31.9. The summed E-state index contributed by atoms with van der Waals surface area (Å²) in [7, 11) is -4.10. The van der Waals surface area contributed by atoms with Crippen LogP contribution in [0.25, 0.3) is 0 Å². The Balaban J connectivity index is 2.09. The number of aryl methyl sites for hydroxylation is 4. The molecule has 0 aliphatic rings. The van der Waals surface area contributed by atoms with Crippen LogP contribution < -0.4 is 9.62 Å². The number of carbonyl (C=O) groups is 2. The Kier molecular flexibility index (Phi) is 10.7. The molecule has 0 aliphatic carbocycles. The quantitative estimate of drug-likeness (QED) is 0.293. The summed E-state index contributed by atoms with van der Waals surface area (Å²) in [5.41, 5.74) is 5.16. The van der Waals surface area contributed by atoms with Gasteiger partial charge in [-0.05, 0) is 88.4 Å². The zero-order valence-corrected chi connectivity index (χ0v) is 26.1. The summed E-state index contributed by atoms with van der Waals surface area (Å²) in [5.74, 6) is -0.700. The molecular formula is C33H43N3O4S. The number of rotatable bonds is 12. The number of hydrogen-bond donors (Lipinski definition) is 1. The van der Waals surface area contributed by atoms with Crippen LogP contribution in [0.1, 0.15) is 61.4 Å². The molecule has 2 unspecified atom stereocenters. The Bertz CT molecular complexity index is 1470. The molecule has 0 aliphatic heterocycles. The molecule has 0 aromatic heterocycles. The van der Waals surface area contributed by atoms with Gasteiger partial charge in [-0.1, -0.05) is 67.4 Å². The third-order valence-corrected chi connectivity index (χ3v) is 9.28. The predicted octanol–water partition coefficient (Wildman–Crippen LogP) is 5.84. The van der Waals surface area contributed by atoms with Gasteiger partial charge in [0.2, 0.25) is 11.8 Å². The normalized spacial score (nSPS) is 12.9. The number of nitrogens with one attached hydrogen (secondary N) is 1. The molecule has 3 rings (SSSR count). The SMILES string of the molecule is CCC(C)NC(=O)C(CC)N(Cc1cccc(C)c1)C(=O)CN(c1ccc(C)c(C)c1)S(=O)(=O)c1ccc(C)cc1. The molecule has 3 aromatic carbocycles. The summed E-state index contributed by atoms with van der Waals surface area (Å²) in [5, 5.41) is 3.01. The third-order valence-electron chi connectivity index (χ3n) is 7.49. The molecule has 0 spiro atoms. The van der Waals surface area contributed by atoms with Gasteiger partial charge in [-0.15, -0.1) is 0 Å². The predicted molar refractivity (Wildman–Crippen MR) is 165 cm³/mol. The van der Waals surface area contributed by atoms with Crippen molar-refractivity contribution < 1.29 is 18.0 Å². The Morgan fingerprint density at radius 1 is 0.829 bits per heavy atom. The van der Waals surface area contributed by atoms with Crippen LogP contribution in [0.15, 0.2) is 71.6 Å². The fourth-order valence-corrected chi connectivity index (χ4v) is 6.02. The lowest BCUT2D eigenvalue weighted by molar-refractivity contribution is -0.140. The minimum absolute atomic E-state index is 0.0542. The number of benzene rings is 3. The van der Waals surface area contributed by atoms with E-state index in [0.717, 1.165) is 38.5 Å². The molecule has 0 saturated heterocycles. The van der Waals surface area contributed by atoms with Gasteiger partial charge in [-0.3, -0.25) is 13.9 Å². The minimum Gasteiger partial charge on any atom is -0.352 e. The van der Waals surface area contributed by atoms with Crippen molar-refractivity contribution in [3.63, 3.8) is 0 Å². The van der Waals surface area contributed by atoms with Crippen molar-refractivity contribution in [2.75, 3.05) is 10.8 Å². The fourth-order valence-electron chi connectivity index (χ4n) is 4.61. The van der Waals surface area contributed by atoms with Crippen LogP contribution in [0.4, 0.5) is 5.69 Å². The van der Waals surface area contributed by atoms with Crippen LogP contribution in [0.3, 0.4) is 0 Å². The molecule has 1 N–H and O–H groups in total. The first-order chi connectivity index (χ1) is 19.4. The van der Waals surface area contributed by atoms with Crippen molar-refractivity contribution >= 4 is 27.5 Å². The molecule has 8 heteroatoms. The zero-order valence-electron chi connectivity index (χ0n) is 25.3. The molecule has 0 bridgehead atoms. The molecule has 0 saturated carbocycles. The summed E-state index contributed by atoms with van der Waals surface area (Å²) < 4.78 is 29.2. The van der Waals surface area contributed by atoms with E-state index in [0.29, 0.717) is 12.1 Å². The van der Waals surface area contributed by atoms with E-state index in [1.165, 1.54) is 4.90 Å². The number of carbonyl (C=O) groups excluding carboxylic acids is 2. The number of hydrogen-bond acceptors (Lipinski definition) is 4. The molecule has 2 amide bonds. The molecule has 2 atom stereocenters. The Hall–Kier alpha value is -3.65. The molecule has 3 aromatic rings. The van der Waals surface area contributed by atoms with Crippen LogP contribution in [-0.2, 0) is 26.2 Å². The maximum atomic E-state index is 14.2. The molecule has 41 heavy (non-hydrogen) atoms. The van der Waals surface area contributed by atoms with E-state index in [4.69, 9.17) is 0 Å². The summed E-state index contributed by atoms with van der Waals surface area (Å²) >= 11 is 0. The number of anilines is 1. The highest BCUT2D eigenvalue weighted by molar-refractivity contribution is 7.92. The third kappa shape index (κ3) is 7.97. The van der Waals surface area contributed by atoms with Crippen LogP contribution in [0, 0.1) is 27.7 Å². The van der Waals surface area contributed by atoms with Crippen LogP contribution in [-0.4, -0.2) is 43.8 Å². The van der Waals surface area contributed by atoms with E-state index in [1.54, 1.807) is 36.4 Å². The Morgan fingerprint density at radius 3 is 2.10 bits per heavy atom. The lowest BCUT2D eigenvalue weighted by Crippen LogP contribution is -2.53.